The predicted octanol–water partition coefficient (Wildman–Crippen LogP) is 3.74. The molecular weight excluding hydrogens is 752 g/mol. The van der Waals surface area contributed by atoms with E-state index in [1.807, 2.05) is 0 Å². The number of alkyl carbamates (subject to hydrolysis) is 1. The van der Waals surface area contributed by atoms with Gasteiger partial charge in [0.15, 0.2) is 12.7 Å². The minimum atomic E-state index is -2.52. The zero-order valence-corrected chi connectivity index (χ0v) is 34.1. The fraction of sp³-hybridized carbons (Fsp3) is 0.659. The Morgan fingerprint density at radius 2 is 1.31 bits per heavy atom. The number of carbonyl (C=O) groups is 8. The second kappa shape index (κ2) is 29.2. The maximum atomic E-state index is 13.1. The zero-order valence-electron chi connectivity index (χ0n) is 35.1. The number of unbranched alkanes of at least 4 members (excludes halogenated alkanes) is 12. The normalized spacial score (nSPS) is 13.7. The Labute approximate surface area is 343 Å². The fourth-order valence-corrected chi connectivity index (χ4v) is 6.11. The molecule has 17 heteroatoms. The minimum Gasteiger partial charge on any atom is -0.480 e. The van der Waals surface area contributed by atoms with E-state index in [0.717, 1.165) is 19.3 Å². The van der Waals surface area contributed by atoms with Crippen LogP contribution in [0.25, 0.3) is 0 Å². The summed E-state index contributed by atoms with van der Waals surface area (Å²) < 4.78 is 12.8. The molecule has 0 aliphatic heterocycles. The van der Waals surface area contributed by atoms with Gasteiger partial charge < -0.3 is 47.7 Å². The van der Waals surface area contributed by atoms with E-state index in [2.05, 4.69) is 22.9 Å². The molecule has 1 aromatic carbocycles. The Bertz CT molecular complexity index is 1500. The molecule has 2 unspecified atom stereocenters. The van der Waals surface area contributed by atoms with E-state index in [-0.39, 0.29) is 37.1 Å². The van der Waals surface area contributed by atoms with Crippen LogP contribution in [0.2, 0.25) is 1.41 Å². The van der Waals surface area contributed by atoms with Gasteiger partial charge in [-0.15, -0.1) is 0 Å². The first-order valence-electron chi connectivity index (χ1n) is 20.9. The summed E-state index contributed by atoms with van der Waals surface area (Å²) in [6.07, 6.45) is 11.9. The van der Waals surface area contributed by atoms with Gasteiger partial charge in [-0.3, -0.25) is 24.0 Å². The van der Waals surface area contributed by atoms with E-state index in [1.54, 1.807) is 30.3 Å². The molecule has 1 rings (SSSR count). The summed E-state index contributed by atoms with van der Waals surface area (Å²) in [6.45, 7) is 2.64. The highest BCUT2D eigenvalue weighted by atomic mass is 16.5. The molecule has 4 atom stereocenters. The molecule has 0 bridgehead atoms. The maximum absolute atomic E-state index is 13.1. The molecule has 0 saturated heterocycles. The number of hydrogen-bond donors (Lipinski definition) is 8. The van der Waals surface area contributed by atoms with Crippen LogP contribution >= 0.6 is 0 Å². The SMILES string of the molecule is [2H]N(CC(=O)NC(CCCC(N)(C(=O)O)C(=O)CC[C@@H](NC(=O)[C@H](C)NC(=O)CCCCCCCCCCCCCCC)C(=O)O)C(N)=O)C(=O)OCc1ccccc1. The second-order valence-corrected chi connectivity index (χ2v) is 14.7. The summed E-state index contributed by atoms with van der Waals surface area (Å²) in [4.78, 5) is 98.9. The van der Waals surface area contributed by atoms with Gasteiger partial charge in [0.1, 0.15) is 31.3 Å². The smallest absolute Gasteiger partial charge is 0.407 e. The number of amides is 5. The number of carbonyl (C=O) groups excluding carboxylic acids is 6. The largest absolute Gasteiger partial charge is 0.480 e. The van der Waals surface area contributed by atoms with Gasteiger partial charge in [0, 0.05) is 12.8 Å². The lowest BCUT2D eigenvalue weighted by molar-refractivity contribution is -0.149. The van der Waals surface area contributed by atoms with Gasteiger partial charge >= 0.3 is 18.0 Å². The van der Waals surface area contributed by atoms with Crippen LogP contribution in [0, 0.1) is 0 Å². The van der Waals surface area contributed by atoms with Crippen molar-refractivity contribution in [2.75, 3.05) is 6.54 Å². The van der Waals surface area contributed by atoms with Crippen molar-refractivity contribution in [3.63, 3.8) is 0 Å². The lowest BCUT2D eigenvalue weighted by atomic mass is 9.85. The Balaban J connectivity index is 2.51. The molecule has 0 heterocycles. The van der Waals surface area contributed by atoms with Crippen LogP contribution in [0.5, 0.6) is 0 Å². The maximum Gasteiger partial charge on any atom is 0.407 e. The third-order valence-electron chi connectivity index (χ3n) is 9.73. The number of carboxylic acids is 2. The van der Waals surface area contributed by atoms with Crippen molar-refractivity contribution in [3.05, 3.63) is 35.9 Å². The van der Waals surface area contributed by atoms with Gasteiger partial charge in [0.05, 0.1) is 0 Å². The summed E-state index contributed by atoms with van der Waals surface area (Å²) in [6, 6.07) is 4.54. The molecule has 5 amide bonds. The van der Waals surface area contributed by atoms with Gasteiger partial charge in [0.25, 0.3) is 0 Å². The van der Waals surface area contributed by atoms with E-state index in [4.69, 9.17) is 17.6 Å². The molecule has 0 saturated carbocycles. The Kier molecular flexibility index (Phi) is 24.7. The standard InChI is InChI=1S/C41H66N6O11/c1-3-4-5-6-7-8-9-10-11-12-13-14-18-23-34(49)45-29(2)37(52)47-32(38(53)54)24-25-33(48)41(43,39(55)56)26-19-22-31(36(42)51)46-35(50)27-44-40(57)58-28-30-20-16-15-17-21-30/h15-17,20-21,29,31-32H,3-14,18-19,22-28,43H2,1-2H3,(H2,42,51)(H,44,57)(H,45,49)(H,46,50)(H,47,52)(H,53,54)(H,55,56)/t29-,31?,32+,41?/m0/s1/i/hD. The first-order chi connectivity index (χ1) is 28.0. The van der Waals surface area contributed by atoms with Crippen molar-refractivity contribution in [2.45, 2.75) is 166 Å². The van der Waals surface area contributed by atoms with Crippen LogP contribution in [0.4, 0.5) is 4.79 Å². The van der Waals surface area contributed by atoms with Crippen molar-refractivity contribution in [2.24, 2.45) is 11.5 Å². The number of rotatable bonds is 33. The van der Waals surface area contributed by atoms with Crippen LogP contribution in [-0.4, -0.2) is 87.9 Å². The number of nitrogens with two attached hydrogens (primary N) is 2. The third-order valence-corrected chi connectivity index (χ3v) is 9.73. The second-order valence-electron chi connectivity index (χ2n) is 14.7. The van der Waals surface area contributed by atoms with E-state index >= 15 is 0 Å². The van der Waals surface area contributed by atoms with Crippen molar-refractivity contribution in [3.8, 4) is 0 Å². The fourth-order valence-electron chi connectivity index (χ4n) is 6.11. The number of benzene rings is 1. The van der Waals surface area contributed by atoms with Crippen molar-refractivity contribution >= 4 is 47.4 Å². The molecule has 58 heavy (non-hydrogen) atoms. The van der Waals surface area contributed by atoms with Gasteiger partial charge in [-0.05, 0) is 44.6 Å². The highest BCUT2D eigenvalue weighted by Crippen LogP contribution is 2.19. The van der Waals surface area contributed by atoms with E-state index in [9.17, 15) is 48.6 Å². The molecule has 0 radical (unpaired) electrons. The number of hydrogen-bond acceptors (Lipinski definition) is 10. The van der Waals surface area contributed by atoms with Gasteiger partial charge in [-0.1, -0.05) is 114 Å². The van der Waals surface area contributed by atoms with Crippen molar-refractivity contribution in [1.29, 1.82) is 0 Å². The van der Waals surface area contributed by atoms with Crippen LogP contribution in [-0.2, 0) is 44.9 Å². The van der Waals surface area contributed by atoms with Crippen LogP contribution in [0.1, 0.15) is 141 Å². The minimum absolute atomic E-state index is 0.145. The molecule has 0 aliphatic carbocycles. The molecule has 17 nitrogen and oxygen atoms in total. The molecule has 0 aromatic heterocycles. The molecule has 326 valence electrons. The van der Waals surface area contributed by atoms with Crippen LogP contribution in [0.3, 0.4) is 0 Å². The van der Waals surface area contributed by atoms with E-state index in [0.29, 0.717) is 12.0 Å². The van der Waals surface area contributed by atoms with Gasteiger partial charge in [-0.25, -0.2) is 14.4 Å². The monoisotopic (exact) mass is 819 g/mol. The number of ether oxygens (including phenoxy) is 1. The summed E-state index contributed by atoms with van der Waals surface area (Å²) in [7, 11) is 0. The van der Waals surface area contributed by atoms with E-state index in [1.165, 1.54) is 64.7 Å². The van der Waals surface area contributed by atoms with Gasteiger partial charge in [0.2, 0.25) is 23.6 Å². The van der Waals surface area contributed by atoms with Crippen LogP contribution in [0.15, 0.2) is 30.3 Å². The lowest BCUT2D eigenvalue weighted by Crippen LogP contribution is -2.56. The molecule has 1 aromatic rings. The number of ketones is 1. The topological polar surface area (TPSA) is 286 Å². The van der Waals surface area contributed by atoms with Crippen molar-refractivity contribution < 1.29 is 54.7 Å². The number of primary amides is 1. The molecule has 0 fully saturated rings. The first kappa shape index (κ1) is 49.1. The molecule has 0 spiro atoms. The summed E-state index contributed by atoms with van der Waals surface area (Å²) in [5.41, 5.74) is 9.49. The number of carboxylic acid groups (broad SMARTS) is 2. The highest BCUT2D eigenvalue weighted by molar-refractivity contribution is 6.07. The average Bonchev–Trinajstić information content (AvgIpc) is 3.19. The van der Waals surface area contributed by atoms with E-state index < -0.39 is 91.0 Å². The Morgan fingerprint density at radius 1 is 0.741 bits per heavy atom. The summed E-state index contributed by atoms with van der Waals surface area (Å²) >= 11 is 0. The summed E-state index contributed by atoms with van der Waals surface area (Å²) in [5, 5.41) is 26.8. The Hall–Kier alpha value is -5.06. The molecule has 10 N–H and O–H groups in total. The average molecular weight is 820 g/mol. The quantitative estimate of drug-likeness (QED) is 0.0372. The molecular formula is C41H66N6O11. The Morgan fingerprint density at radius 3 is 1.84 bits per heavy atom. The van der Waals surface area contributed by atoms with Gasteiger partial charge in [-0.2, -0.15) is 0 Å². The number of Topliss-reactive ketones (excluding diaryl/α,β-unsaturated/α-hetero) is 1. The van der Waals surface area contributed by atoms with Crippen molar-refractivity contribution in [1.82, 2.24) is 21.3 Å². The lowest BCUT2D eigenvalue weighted by Gasteiger charge is -2.25. The third kappa shape index (κ3) is 22.0. The number of aliphatic carboxylic acids is 2. The zero-order chi connectivity index (χ0) is 44.2. The van der Waals surface area contributed by atoms with Crippen LogP contribution < -0.4 is 32.7 Å². The predicted molar refractivity (Wildman–Crippen MR) is 216 cm³/mol. The summed E-state index contributed by atoms with van der Waals surface area (Å²) in [5.74, 6) is -7.40. The molecule has 0 aliphatic rings. The highest BCUT2D eigenvalue weighted by Gasteiger charge is 2.42. The number of nitrogens with one attached hydrogen (secondary N) is 4. The first-order valence-corrected chi connectivity index (χ1v) is 20.5.